The average molecular weight is 214 g/mol. The quantitative estimate of drug-likeness (QED) is 0.621. The van der Waals surface area contributed by atoms with Gasteiger partial charge in [-0.3, -0.25) is 14.6 Å². The molecule has 2 aromatic rings. The molecular formula is C12H10N2O2. The normalized spacial score (nSPS) is 10.0. The van der Waals surface area contributed by atoms with Crippen LogP contribution in [0, 0.1) is 0 Å². The second-order valence-corrected chi connectivity index (χ2v) is 3.41. The van der Waals surface area contributed by atoms with Crippen LogP contribution in [0.15, 0.2) is 36.7 Å². The predicted octanol–water partition coefficient (Wildman–Crippen LogP) is 1.65. The van der Waals surface area contributed by atoms with Crippen LogP contribution in [0.4, 0.5) is 0 Å². The van der Waals surface area contributed by atoms with Gasteiger partial charge in [0, 0.05) is 18.8 Å². The molecule has 0 amide bonds. The van der Waals surface area contributed by atoms with E-state index in [4.69, 9.17) is 0 Å². The van der Waals surface area contributed by atoms with Gasteiger partial charge in [-0.2, -0.15) is 0 Å². The number of carbonyl (C=O) groups excluding carboxylic acids is 2. The zero-order chi connectivity index (χ0) is 11.4. The van der Waals surface area contributed by atoms with Crippen LogP contribution in [0.3, 0.4) is 0 Å². The van der Waals surface area contributed by atoms with Crippen molar-refractivity contribution in [3.05, 3.63) is 53.6 Å². The molecule has 0 aliphatic rings. The Morgan fingerprint density at radius 1 is 1.38 bits per heavy atom. The molecule has 0 aliphatic heterocycles. The second-order valence-electron chi connectivity index (χ2n) is 3.41. The molecule has 0 aliphatic carbocycles. The number of aromatic amines is 1. The minimum atomic E-state index is -0.0545. The Hall–Kier alpha value is -2.23. The van der Waals surface area contributed by atoms with Gasteiger partial charge in [-0.25, -0.2) is 0 Å². The van der Waals surface area contributed by atoms with Gasteiger partial charge in [-0.15, -0.1) is 0 Å². The smallest absolute Gasteiger partial charge is 0.183 e. The van der Waals surface area contributed by atoms with Gasteiger partial charge in [0.2, 0.25) is 0 Å². The van der Waals surface area contributed by atoms with E-state index in [1.165, 1.54) is 0 Å². The number of hydrogen-bond acceptors (Lipinski definition) is 3. The van der Waals surface area contributed by atoms with Crippen LogP contribution in [-0.4, -0.2) is 22.0 Å². The summed E-state index contributed by atoms with van der Waals surface area (Å²) in [7, 11) is 0. The SMILES string of the molecule is O=Cc1ccc(C(=O)Cc2cccnc2)[nH]1. The Morgan fingerprint density at radius 3 is 2.88 bits per heavy atom. The number of aromatic nitrogens is 2. The molecule has 0 saturated carbocycles. The van der Waals surface area contributed by atoms with Crippen molar-refractivity contribution in [1.82, 2.24) is 9.97 Å². The van der Waals surface area contributed by atoms with Crippen molar-refractivity contribution in [1.29, 1.82) is 0 Å². The lowest BCUT2D eigenvalue weighted by molar-refractivity contribution is 0.0988. The molecule has 0 aromatic carbocycles. The van der Waals surface area contributed by atoms with E-state index in [1.54, 1.807) is 30.6 Å². The first-order chi connectivity index (χ1) is 7.79. The fraction of sp³-hybridized carbons (Fsp3) is 0.0833. The summed E-state index contributed by atoms with van der Waals surface area (Å²) in [5.74, 6) is -0.0545. The summed E-state index contributed by atoms with van der Waals surface area (Å²) in [6.07, 6.45) is 4.28. The summed E-state index contributed by atoms with van der Waals surface area (Å²) < 4.78 is 0. The third kappa shape index (κ3) is 2.23. The zero-order valence-corrected chi connectivity index (χ0v) is 8.51. The van der Waals surface area contributed by atoms with Gasteiger partial charge in [0.15, 0.2) is 12.1 Å². The molecule has 0 spiro atoms. The van der Waals surface area contributed by atoms with Gasteiger partial charge >= 0.3 is 0 Å². The topological polar surface area (TPSA) is 62.8 Å². The van der Waals surface area contributed by atoms with Gasteiger partial charge in [-0.05, 0) is 23.8 Å². The molecule has 16 heavy (non-hydrogen) atoms. The number of H-pyrrole nitrogens is 1. The third-order valence-corrected chi connectivity index (χ3v) is 2.22. The fourth-order valence-electron chi connectivity index (χ4n) is 1.43. The number of nitrogens with zero attached hydrogens (tertiary/aromatic N) is 1. The third-order valence-electron chi connectivity index (χ3n) is 2.22. The maximum atomic E-state index is 11.8. The average Bonchev–Trinajstić information content (AvgIpc) is 2.79. The molecule has 0 bridgehead atoms. The number of nitrogens with one attached hydrogen (secondary N) is 1. The van der Waals surface area contributed by atoms with Crippen molar-refractivity contribution < 1.29 is 9.59 Å². The number of hydrogen-bond donors (Lipinski definition) is 1. The van der Waals surface area contributed by atoms with Crippen LogP contribution in [-0.2, 0) is 6.42 Å². The predicted molar refractivity (Wildman–Crippen MR) is 58.5 cm³/mol. The highest BCUT2D eigenvalue weighted by Crippen LogP contribution is 2.06. The maximum Gasteiger partial charge on any atom is 0.183 e. The minimum Gasteiger partial charge on any atom is -0.350 e. The van der Waals surface area contributed by atoms with Gasteiger partial charge < -0.3 is 4.98 Å². The van der Waals surface area contributed by atoms with Crippen molar-refractivity contribution >= 4 is 12.1 Å². The van der Waals surface area contributed by atoms with E-state index in [0.29, 0.717) is 17.7 Å². The van der Waals surface area contributed by atoms with Crippen LogP contribution in [0.2, 0.25) is 0 Å². The van der Waals surface area contributed by atoms with Crippen molar-refractivity contribution in [2.24, 2.45) is 0 Å². The van der Waals surface area contributed by atoms with Crippen molar-refractivity contribution in [3.8, 4) is 0 Å². The number of pyridine rings is 1. The van der Waals surface area contributed by atoms with Crippen LogP contribution >= 0.6 is 0 Å². The van der Waals surface area contributed by atoms with Crippen molar-refractivity contribution in [2.75, 3.05) is 0 Å². The molecule has 0 radical (unpaired) electrons. The number of Topliss-reactive ketones (excluding diaryl/α,β-unsaturated/α-hetero) is 1. The van der Waals surface area contributed by atoms with Crippen LogP contribution in [0.1, 0.15) is 26.5 Å². The molecule has 0 saturated heterocycles. The highest BCUT2D eigenvalue weighted by Gasteiger charge is 2.09. The van der Waals surface area contributed by atoms with Gasteiger partial charge in [0.25, 0.3) is 0 Å². The molecule has 4 heteroatoms. The number of aldehydes is 1. The zero-order valence-electron chi connectivity index (χ0n) is 8.51. The Morgan fingerprint density at radius 2 is 2.25 bits per heavy atom. The Labute approximate surface area is 92.3 Å². The minimum absolute atomic E-state index is 0.0545. The Kier molecular flexibility index (Phi) is 2.91. The van der Waals surface area contributed by atoms with Crippen molar-refractivity contribution in [3.63, 3.8) is 0 Å². The van der Waals surface area contributed by atoms with E-state index >= 15 is 0 Å². The first-order valence-electron chi connectivity index (χ1n) is 4.86. The van der Waals surface area contributed by atoms with Crippen LogP contribution in [0.5, 0.6) is 0 Å². The lowest BCUT2D eigenvalue weighted by Gasteiger charge is -1.97. The van der Waals surface area contributed by atoms with Gasteiger partial charge in [0.05, 0.1) is 11.4 Å². The molecule has 2 heterocycles. The lowest BCUT2D eigenvalue weighted by atomic mass is 10.1. The summed E-state index contributed by atoms with van der Waals surface area (Å²) in [6, 6.07) is 6.83. The summed E-state index contributed by atoms with van der Waals surface area (Å²) in [4.78, 5) is 28.9. The molecule has 1 N–H and O–H groups in total. The maximum absolute atomic E-state index is 11.8. The highest BCUT2D eigenvalue weighted by molar-refractivity contribution is 5.96. The molecule has 0 unspecified atom stereocenters. The number of carbonyl (C=O) groups is 2. The molecule has 2 aromatic heterocycles. The first kappa shape index (κ1) is 10.3. The molecule has 80 valence electrons. The molecule has 0 fully saturated rings. The molecule has 2 rings (SSSR count). The summed E-state index contributed by atoms with van der Waals surface area (Å²) >= 11 is 0. The van der Waals surface area contributed by atoms with Crippen LogP contribution < -0.4 is 0 Å². The van der Waals surface area contributed by atoms with E-state index in [2.05, 4.69) is 9.97 Å². The van der Waals surface area contributed by atoms with E-state index in [0.717, 1.165) is 5.56 Å². The van der Waals surface area contributed by atoms with Crippen LogP contribution in [0.25, 0.3) is 0 Å². The van der Waals surface area contributed by atoms with E-state index in [1.807, 2.05) is 6.07 Å². The standard InChI is InChI=1S/C12H10N2O2/c15-8-10-3-4-11(14-10)12(16)6-9-2-1-5-13-7-9/h1-5,7-8,14H,6H2. The van der Waals surface area contributed by atoms with Gasteiger partial charge in [0.1, 0.15) is 0 Å². The fourth-order valence-corrected chi connectivity index (χ4v) is 1.43. The monoisotopic (exact) mass is 214 g/mol. The van der Waals surface area contributed by atoms with Gasteiger partial charge in [-0.1, -0.05) is 6.07 Å². The summed E-state index contributed by atoms with van der Waals surface area (Å²) in [5, 5.41) is 0. The van der Waals surface area contributed by atoms with E-state index in [-0.39, 0.29) is 12.2 Å². The first-order valence-corrected chi connectivity index (χ1v) is 4.86. The highest BCUT2D eigenvalue weighted by atomic mass is 16.1. The van der Waals surface area contributed by atoms with Crippen molar-refractivity contribution in [2.45, 2.75) is 6.42 Å². The molecular weight excluding hydrogens is 204 g/mol. The lowest BCUT2D eigenvalue weighted by Crippen LogP contribution is -2.04. The number of ketones is 1. The largest absolute Gasteiger partial charge is 0.350 e. The summed E-state index contributed by atoms with van der Waals surface area (Å²) in [5.41, 5.74) is 1.72. The molecule has 4 nitrogen and oxygen atoms in total. The summed E-state index contributed by atoms with van der Waals surface area (Å²) in [6.45, 7) is 0. The number of rotatable bonds is 4. The van der Waals surface area contributed by atoms with E-state index < -0.39 is 0 Å². The Bertz CT molecular complexity index is 503. The van der Waals surface area contributed by atoms with E-state index in [9.17, 15) is 9.59 Å². The molecule has 0 atom stereocenters. The Balaban J connectivity index is 2.11. The second kappa shape index (κ2) is 4.53.